The van der Waals surface area contributed by atoms with Crippen molar-refractivity contribution in [1.29, 1.82) is 0 Å². The van der Waals surface area contributed by atoms with E-state index in [2.05, 4.69) is 34.6 Å². The van der Waals surface area contributed by atoms with Gasteiger partial charge in [-0.1, -0.05) is 47.7 Å². The normalized spacial score (nSPS) is 20.0. The zero-order valence-corrected chi connectivity index (χ0v) is 13.7. The molecule has 0 radical (unpaired) electrons. The van der Waals surface area contributed by atoms with Gasteiger partial charge in [-0.3, -0.25) is 4.79 Å². The molecule has 0 saturated carbocycles. The van der Waals surface area contributed by atoms with Gasteiger partial charge in [-0.2, -0.15) is 5.10 Å². The fraction of sp³-hybridized carbons (Fsp3) is 0.188. The molecule has 2 aromatic rings. The van der Waals surface area contributed by atoms with Crippen molar-refractivity contribution < 1.29 is 4.79 Å². The number of nitrogens with one attached hydrogen (secondary N) is 1. The Morgan fingerprint density at radius 3 is 3.00 bits per heavy atom. The van der Waals surface area contributed by atoms with Crippen LogP contribution in [-0.4, -0.2) is 22.5 Å². The van der Waals surface area contributed by atoms with Crippen molar-refractivity contribution in [2.24, 2.45) is 10.2 Å². The van der Waals surface area contributed by atoms with Crippen molar-refractivity contribution in [1.82, 2.24) is 5.32 Å². The molecule has 22 heavy (non-hydrogen) atoms. The molecular weight excluding hydrogens is 314 g/mol. The number of benzene rings is 1. The summed E-state index contributed by atoms with van der Waals surface area (Å²) in [6.45, 7) is 2.05. The van der Waals surface area contributed by atoms with Crippen LogP contribution >= 0.6 is 23.1 Å². The molecule has 1 amide bonds. The van der Waals surface area contributed by atoms with Gasteiger partial charge in [-0.05, 0) is 30.4 Å². The second-order valence-electron chi connectivity index (χ2n) is 4.95. The molecule has 0 bridgehead atoms. The quantitative estimate of drug-likeness (QED) is 0.692. The van der Waals surface area contributed by atoms with Crippen LogP contribution in [0.2, 0.25) is 0 Å². The molecule has 1 aromatic heterocycles. The Bertz CT molecular complexity index is 723. The molecule has 1 aliphatic heterocycles. The first-order valence-corrected chi connectivity index (χ1v) is 8.64. The Morgan fingerprint density at radius 1 is 1.32 bits per heavy atom. The van der Waals surface area contributed by atoms with Crippen LogP contribution in [0.3, 0.4) is 0 Å². The van der Waals surface area contributed by atoms with E-state index in [1.54, 1.807) is 17.6 Å². The van der Waals surface area contributed by atoms with E-state index >= 15 is 0 Å². The molecule has 6 heteroatoms. The maximum atomic E-state index is 12.0. The van der Waals surface area contributed by atoms with Crippen LogP contribution in [0.4, 0.5) is 0 Å². The number of hydrogen-bond donors (Lipinski definition) is 1. The van der Waals surface area contributed by atoms with Gasteiger partial charge in [0.05, 0.1) is 11.5 Å². The lowest BCUT2D eigenvalue weighted by molar-refractivity contribution is -0.118. The molecule has 1 atom stereocenters. The maximum Gasteiger partial charge on any atom is 0.239 e. The number of amides is 1. The van der Waals surface area contributed by atoms with Crippen LogP contribution in [-0.2, 0) is 11.2 Å². The highest BCUT2D eigenvalue weighted by Crippen LogP contribution is 2.23. The van der Waals surface area contributed by atoms with Crippen LogP contribution in [0.5, 0.6) is 0 Å². The molecule has 1 aromatic carbocycles. The minimum absolute atomic E-state index is 0.00317. The summed E-state index contributed by atoms with van der Waals surface area (Å²) in [7, 11) is 0. The molecule has 2 heterocycles. The SMILES string of the molecule is Cc1cccc(CC2S/C(=N\N=C\c3cccs3)NC2=O)c1. The van der Waals surface area contributed by atoms with Gasteiger partial charge in [0.1, 0.15) is 0 Å². The predicted molar refractivity (Wildman–Crippen MR) is 93.8 cm³/mol. The summed E-state index contributed by atoms with van der Waals surface area (Å²) in [4.78, 5) is 13.0. The molecule has 4 nitrogen and oxygen atoms in total. The average molecular weight is 329 g/mol. The highest BCUT2D eigenvalue weighted by Gasteiger charge is 2.30. The topological polar surface area (TPSA) is 53.8 Å². The predicted octanol–water partition coefficient (Wildman–Crippen LogP) is 3.22. The van der Waals surface area contributed by atoms with Crippen LogP contribution in [0, 0.1) is 6.92 Å². The molecule has 112 valence electrons. The molecule has 0 spiro atoms. The number of aryl methyl sites for hydroxylation is 1. The van der Waals surface area contributed by atoms with Gasteiger partial charge >= 0.3 is 0 Å². The lowest BCUT2D eigenvalue weighted by Crippen LogP contribution is -2.25. The van der Waals surface area contributed by atoms with Gasteiger partial charge in [-0.25, -0.2) is 0 Å². The summed E-state index contributed by atoms with van der Waals surface area (Å²) in [6.07, 6.45) is 2.39. The van der Waals surface area contributed by atoms with E-state index < -0.39 is 0 Å². The number of carbonyl (C=O) groups is 1. The van der Waals surface area contributed by atoms with E-state index in [1.807, 2.05) is 29.6 Å². The first-order chi connectivity index (χ1) is 10.7. The average Bonchev–Trinajstić information content (AvgIpc) is 3.10. The fourth-order valence-electron chi connectivity index (χ4n) is 2.14. The van der Waals surface area contributed by atoms with E-state index in [4.69, 9.17) is 0 Å². The standard InChI is InChI=1S/C16H15N3OS2/c1-11-4-2-5-12(8-11)9-14-15(20)18-16(22-14)19-17-10-13-6-3-7-21-13/h2-8,10,14H,9H2,1H3,(H,18,19,20)/b17-10+. The number of nitrogens with zero attached hydrogens (tertiary/aromatic N) is 2. The minimum Gasteiger partial charge on any atom is -0.303 e. The van der Waals surface area contributed by atoms with Crippen molar-refractivity contribution in [3.05, 3.63) is 57.8 Å². The fourth-order valence-corrected chi connectivity index (χ4v) is 3.69. The first-order valence-electron chi connectivity index (χ1n) is 6.88. The van der Waals surface area contributed by atoms with E-state index in [0.717, 1.165) is 10.4 Å². The van der Waals surface area contributed by atoms with E-state index in [0.29, 0.717) is 11.6 Å². The third kappa shape index (κ3) is 3.84. The number of thiophene rings is 1. The number of carbonyl (C=O) groups excluding carboxylic acids is 1. The summed E-state index contributed by atoms with van der Waals surface area (Å²) < 4.78 is 0. The number of rotatable bonds is 4. The van der Waals surface area contributed by atoms with Crippen LogP contribution in [0.1, 0.15) is 16.0 Å². The molecule has 3 rings (SSSR count). The van der Waals surface area contributed by atoms with Gasteiger partial charge < -0.3 is 5.32 Å². The second kappa shape index (κ2) is 6.89. The Kier molecular flexibility index (Phi) is 4.70. The smallest absolute Gasteiger partial charge is 0.239 e. The lowest BCUT2D eigenvalue weighted by Gasteiger charge is -2.05. The van der Waals surface area contributed by atoms with Gasteiger partial charge in [0.2, 0.25) is 5.91 Å². The van der Waals surface area contributed by atoms with Crippen molar-refractivity contribution in [3.63, 3.8) is 0 Å². The summed E-state index contributed by atoms with van der Waals surface area (Å²) >= 11 is 3.03. The Hall–Kier alpha value is -1.92. The minimum atomic E-state index is -0.141. The number of hydrogen-bond acceptors (Lipinski definition) is 5. The number of amidine groups is 1. The van der Waals surface area contributed by atoms with Crippen LogP contribution in [0.25, 0.3) is 0 Å². The number of thioether (sulfide) groups is 1. The molecule has 1 fully saturated rings. The van der Waals surface area contributed by atoms with E-state index in [9.17, 15) is 4.79 Å². The van der Waals surface area contributed by atoms with Gasteiger partial charge in [-0.15, -0.1) is 16.4 Å². The van der Waals surface area contributed by atoms with Gasteiger partial charge in [0, 0.05) is 4.88 Å². The Morgan fingerprint density at radius 2 is 2.23 bits per heavy atom. The Balaban J connectivity index is 1.63. The van der Waals surface area contributed by atoms with Gasteiger partial charge in [0.25, 0.3) is 0 Å². The summed E-state index contributed by atoms with van der Waals surface area (Å²) in [5.74, 6) is -0.00317. The largest absolute Gasteiger partial charge is 0.303 e. The summed E-state index contributed by atoms with van der Waals surface area (Å²) in [5.41, 5.74) is 2.37. The molecular formula is C16H15N3OS2. The molecule has 1 N–H and O–H groups in total. The van der Waals surface area contributed by atoms with Crippen LogP contribution < -0.4 is 5.32 Å². The highest BCUT2D eigenvalue weighted by atomic mass is 32.2. The maximum absolute atomic E-state index is 12.0. The zero-order chi connectivity index (χ0) is 15.4. The third-order valence-corrected chi connectivity index (χ3v) is 5.04. The second-order valence-corrected chi connectivity index (χ2v) is 7.12. The van der Waals surface area contributed by atoms with Crippen molar-refractivity contribution in [2.45, 2.75) is 18.6 Å². The monoisotopic (exact) mass is 329 g/mol. The van der Waals surface area contributed by atoms with Crippen molar-refractivity contribution in [2.75, 3.05) is 0 Å². The van der Waals surface area contributed by atoms with Crippen LogP contribution in [0.15, 0.2) is 52.0 Å². The van der Waals surface area contributed by atoms with Crippen molar-refractivity contribution >= 4 is 40.4 Å². The van der Waals surface area contributed by atoms with Crippen molar-refractivity contribution in [3.8, 4) is 0 Å². The lowest BCUT2D eigenvalue weighted by atomic mass is 10.1. The molecule has 0 aliphatic carbocycles. The molecule has 1 aliphatic rings. The summed E-state index contributed by atoms with van der Waals surface area (Å²) in [5, 5.41) is 13.3. The highest BCUT2D eigenvalue weighted by molar-refractivity contribution is 8.15. The zero-order valence-electron chi connectivity index (χ0n) is 12.0. The third-order valence-electron chi connectivity index (χ3n) is 3.16. The van der Waals surface area contributed by atoms with E-state index in [1.165, 1.54) is 17.3 Å². The molecule has 1 saturated heterocycles. The molecule has 1 unspecified atom stereocenters. The Labute approximate surface area is 137 Å². The summed E-state index contributed by atoms with van der Waals surface area (Å²) in [6, 6.07) is 12.2. The van der Waals surface area contributed by atoms with E-state index in [-0.39, 0.29) is 11.2 Å². The first kappa shape index (κ1) is 15.0. The van der Waals surface area contributed by atoms with Gasteiger partial charge in [0.15, 0.2) is 5.17 Å².